The number of aromatic nitrogens is 2. The van der Waals surface area contributed by atoms with E-state index in [1.807, 2.05) is 0 Å². The zero-order valence-electron chi connectivity index (χ0n) is 4.48. The van der Waals surface area contributed by atoms with Crippen LogP contribution < -0.4 is 10.6 Å². The molecule has 0 aliphatic carbocycles. The lowest BCUT2D eigenvalue weighted by Gasteiger charge is -1.93. The van der Waals surface area contributed by atoms with Gasteiger partial charge < -0.3 is 16.0 Å². The second kappa shape index (κ2) is 1.77. The minimum absolute atomic E-state index is 0.0509. The average Bonchev–Trinajstić information content (AvgIpc) is 1.80. The number of nitrogen functional groups attached to an aromatic ring is 1. The van der Waals surface area contributed by atoms with E-state index in [1.54, 1.807) is 0 Å². The number of rotatable bonds is 0. The Morgan fingerprint density at radius 1 is 1.67 bits per heavy atom. The van der Waals surface area contributed by atoms with Crippen LogP contribution in [0.25, 0.3) is 0 Å². The predicted octanol–water partition coefficient (Wildman–Crippen LogP) is -0.997. The van der Waals surface area contributed by atoms with E-state index in [-0.39, 0.29) is 10.7 Å². The van der Waals surface area contributed by atoms with Crippen molar-refractivity contribution in [1.29, 1.82) is 0 Å². The van der Waals surface area contributed by atoms with Crippen molar-refractivity contribution in [2.24, 2.45) is 0 Å². The van der Waals surface area contributed by atoms with E-state index < -0.39 is 5.88 Å². The third-order valence-electron chi connectivity index (χ3n) is 0.805. The SMILES string of the molecule is Nc1ccc(O)[n+]([O-])n1. The second-order valence-corrected chi connectivity index (χ2v) is 1.49. The van der Waals surface area contributed by atoms with Crippen LogP contribution in [0.15, 0.2) is 12.1 Å². The van der Waals surface area contributed by atoms with Gasteiger partial charge in [-0.1, -0.05) is 0 Å². The molecule has 5 heteroatoms. The number of nitrogens with zero attached hydrogens (tertiary/aromatic N) is 2. The van der Waals surface area contributed by atoms with E-state index in [0.717, 1.165) is 0 Å². The predicted molar refractivity (Wildman–Crippen MR) is 29.3 cm³/mol. The molecule has 1 aromatic heterocycles. The van der Waals surface area contributed by atoms with Crippen molar-refractivity contribution < 1.29 is 9.95 Å². The van der Waals surface area contributed by atoms with E-state index in [0.29, 0.717) is 0 Å². The van der Waals surface area contributed by atoms with Crippen molar-refractivity contribution in [3.8, 4) is 5.88 Å². The van der Waals surface area contributed by atoms with Gasteiger partial charge in [-0.25, -0.2) is 0 Å². The van der Waals surface area contributed by atoms with Crippen molar-refractivity contribution in [1.82, 2.24) is 5.10 Å². The third-order valence-corrected chi connectivity index (χ3v) is 0.805. The van der Waals surface area contributed by atoms with Crippen LogP contribution in [0.2, 0.25) is 0 Å². The summed E-state index contributed by atoms with van der Waals surface area (Å²) in [6.45, 7) is 0. The van der Waals surface area contributed by atoms with E-state index in [1.165, 1.54) is 12.1 Å². The normalized spacial score (nSPS) is 9.33. The molecule has 1 heterocycles. The average molecular weight is 127 g/mol. The fraction of sp³-hybridized carbons (Fsp3) is 0. The Kier molecular flexibility index (Phi) is 1.11. The Bertz CT molecular complexity index is 225. The summed E-state index contributed by atoms with van der Waals surface area (Å²) in [5.74, 6) is -0.369. The lowest BCUT2D eigenvalue weighted by atomic mass is 10.5. The Labute approximate surface area is 50.9 Å². The molecule has 0 aliphatic rings. The van der Waals surface area contributed by atoms with E-state index >= 15 is 0 Å². The summed E-state index contributed by atoms with van der Waals surface area (Å²) in [6, 6.07) is 2.51. The first-order valence-electron chi connectivity index (χ1n) is 2.25. The quantitative estimate of drug-likeness (QED) is 0.346. The monoisotopic (exact) mass is 127 g/mol. The molecule has 0 radical (unpaired) electrons. The van der Waals surface area contributed by atoms with Crippen molar-refractivity contribution >= 4 is 5.82 Å². The highest BCUT2D eigenvalue weighted by Gasteiger charge is 2.01. The molecule has 9 heavy (non-hydrogen) atoms. The number of hydrogen-bond donors (Lipinski definition) is 2. The van der Waals surface area contributed by atoms with Gasteiger partial charge in [-0.3, -0.25) is 0 Å². The number of nitrogens with two attached hydrogens (primary N) is 1. The van der Waals surface area contributed by atoms with Gasteiger partial charge in [0.05, 0.1) is 6.07 Å². The molecule has 0 saturated carbocycles. The fourth-order valence-corrected chi connectivity index (χ4v) is 0.413. The van der Waals surface area contributed by atoms with Gasteiger partial charge in [0, 0.05) is 5.10 Å². The standard InChI is InChI=1S/C4H5N3O2/c5-3-1-2-4(8)7(9)6-3/h1-2,8H,(H2,5,6). The zero-order chi connectivity index (χ0) is 6.85. The molecule has 48 valence electrons. The molecule has 0 spiro atoms. The zero-order valence-corrected chi connectivity index (χ0v) is 4.48. The molecule has 0 unspecified atom stereocenters. The fourth-order valence-electron chi connectivity index (χ4n) is 0.413. The molecule has 0 fully saturated rings. The Balaban J connectivity index is 3.17. The minimum Gasteiger partial charge on any atom is -0.591 e. The highest BCUT2D eigenvalue weighted by Crippen LogP contribution is 1.98. The van der Waals surface area contributed by atoms with Crippen LogP contribution in [0.1, 0.15) is 0 Å². The number of anilines is 1. The molecule has 0 bridgehead atoms. The summed E-state index contributed by atoms with van der Waals surface area (Å²) in [6.07, 6.45) is 0. The largest absolute Gasteiger partial charge is 0.591 e. The van der Waals surface area contributed by atoms with Gasteiger partial charge in [-0.05, 0) is 10.9 Å². The first-order chi connectivity index (χ1) is 4.20. The van der Waals surface area contributed by atoms with E-state index in [9.17, 15) is 5.21 Å². The second-order valence-electron chi connectivity index (χ2n) is 1.49. The van der Waals surface area contributed by atoms with E-state index in [2.05, 4.69) is 5.10 Å². The van der Waals surface area contributed by atoms with Gasteiger partial charge in [0.1, 0.15) is 0 Å². The minimum atomic E-state index is -0.454. The summed E-state index contributed by atoms with van der Waals surface area (Å²) in [4.78, 5) is 0.0509. The Morgan fingerprint density at radius 3 is 2.78 bits per heavy atom. The maximum atomic E-state index is 10.3. The van der Waals surface area contributed by atoms with Crippen LogP contribution in [0.5, 0.6) is 5.88 Å². The van der Waals surface area contributed by atoms with Crippen molar-refractivity contribution in [3.63, 3.8) is 0 Å². The van der Waals surface area contributed by atoms with E-state index in [4.69, 9.17) is 10.8 Å². The molecule has 1 aromatic rings. The van der Waals surface area contributed by atoms with Crippen molar-refractivity contribution in [2.75, 3.05) is 5.73 Å². The topological polar surface area (TPSA) is 86.1 Å². The third kappa shape index (κ3) is 0.987. The summed E-state index contributed by atoms with van der Waals surface area (Å²) >= 11 is 0. The first-order valence-corrected chi connectivity index (χ1v) is 2.25. The smallest absolute Gasteiger partial charge is 0.403 e. The van der Waals surface area contributed by atoms with Crippen molar-refractivity contribution in [2.45, 2.75) is 0 Å². The summed E-state index contributed by atoms with van der Waals surface area (Å²) in [5, 5.41) is 22.1. The van der Waals surface area contributed by atoms with Gasteiger partial charge in [0.15, 0.2) is 5.82 Å². The number of aromatic hydroxyl groups is 1. The summed E-state index contributed by atoms with van der Waals surface area (Å²) < 4.78 is 0. The number of hydrogen-bond acceptors (Lipinski definition) is 4. The Morgan fingerprint density at radius 2 is 2.33 bits per heavy atom. The molecular formula is C4H5N3O2. The molecular weight excluding hydrogens is 122 g/mol. The molecule has 0 atom stereocenters. The first kappa shape index (κ1) is 5.61. The van der Waals surface area contributed by atoms with Gasteiger partial charge >= 0.3 is 5.88 Å². The maximum Gasteiger partial charge on any atom is 0.403 e. The molecule has 0 aromatic carbocycles. The van der Waals surface area contributed by atoms with Gasteiger partial charge in [0.25, 0.3) is 0 Å². The van der Waals surface area contributed by atoms with Crippen LogP contribution in [0.3, 0.4) is 0 Å². The molecule has 5 nitrogen and oxygen atoms in total. The maximum absolute atomic E-state index is 10.3. The van der Waals surface area contributed by atoms with Crippen LogP contribution >= 0.6 is 0 Å². The van der Waals surface area contributed by atoms with Crippen LogP contribution in [0.4, 0.5) is 5.82 Å². The molecule has 0 aliphatic heterocycles. The van der Waals surface area contributed by atoms with Crippen molar-refractivity contribution in [3.05, 3.63) is 17.3 Å². The summed E-state index contributed by atoms with van der Waals surface area (Å²) in [7, 11) is 0. The summed E-state index contributed by atoms with van der Waals surface area (Å²) in [5.41, 5.74) is 5.08. The highest BCUT2D eigenvalue weighted by atomic mass is 16.5. The lowest BCUT2D eigenvalue weighted by molar-refractivity contribution is -0.674. The van der Waals surface area contributed by atoms with Gasteiger partial charge in [0.2, 0.25) is 0 Å². The van der Waals surface area contributed by atoms with Crippen LogP contribution in [0, 0.1) is 5.21 Å². The van der Waals surface area contributed by atoms with Crippen LogP contribution in [-0.2, 0) is 0 Å². The lowest BCUT2D eigenvalue weighted by Crippen LogP contribution is -2.31. The highest BCUT2D eigenvalue weighted by molar-refractivity contribution is 5.24. The van der Waals surface area contributed by atoms with Crippen LogP contribution in [-0.4, -0.2) is 10.2 Å². The molecule has 0 amide bonds. The Hall–Kier alpha value is -1.52. The van der Waals surface area contributed by atoms with Gasteiger partial charge in [-0.15, -0.1) is 0 Å². The molecule has 1 rings (SSSR count). The molecule has 0 saturated heterocycles. The van der Waals surface area contributed by atoms with Gasteiger partial charge in [-0.2, -0.15) is 0 Å². The molecule has 3 N–H and O–H groups in total.